The Morgan fingerprint density at radius 3 is 0.794 bits per heavy atom. The third-order valence-electron chi connectivity index (χ3n) is 7.13. The van der Waals surface area contributed by atoms with Gasteiger partial charge in [0.05, 0.1) is 0 Å². The first-order valence-corrected chi connectivity index (χ1v) is 15.4. The molecule has 0 aromatic carbocycles. The fraction of sp³-hybridized carbons (Fsp3) is 0.875. The van der Waals surface area contributed by atoms with Crippen LogP contribution in [0.2, 0.25) is 0 Å². The highest BCUT2D eigenvalue weighted by atomic mass is 16.5. The molecule has 2 heteroatoms. The van der Waals surface area contributed by atoms with Gasteiger partial charge in [0.1, 0.15) is 0 Å². The summed E-state index contributed by atoms with van der Waals surface area (Å²) < 4.78 is 0. The van der Waals surface area contributed by atoms with Gasteiger partial charge in [0.15, 0.2) is 0 Å². The quantitative estimate of drug-likeness (QED) is 0.0585. The monoisotopic (exact) mass is 476 g/mol. The van der Waals surface area contributed by atoms with Crippen molar-refractivity contribution in [2.24, 2.45) is 0 Å². The molecule has 0 aliphatic rings. The van der Waals surface area contributed by atoms with Crippen molar-refractivity contribution in [3.8, 4) is 0 Å². The zero-order valence-corrected chi connectivity index (χ0v) is 23.2. The largest absolute Gasteiger partial charge is 0.785 e. The van der Waals surface area contributed by atoms with Crippen LogP contribution in [0.1, 0.15) is 167 Å². The van der Waals surface area contributed by atoms with Crippen molar-refractivity contribution in [1.82, 2.24) is 5.06 Å². The lowest BCUT2D eigenvalue weighted by Gasteiger charge is -2.28. The molecule has 0 heterocycles. The highest BCUT2D eigenvalue weighted by Crippen LogP contribution is 2.14. The molecule has 0 aromatic rings. The van der Waals surface area contributed by atoms with Crippen molar-refractivity contribution >= 4 is 0 Å². The summed E-state index contributed by atoms with van der Waals surface area (Å²) in [5, 5.41) is 13.3. The van der Waals surface area contributed by atoms with Gasteiger partial charge in [-0.1, -0.05) is 141 Å². The molecule has 0 unspecified atom stereocenters. The molecule has 0 N–H and O–H groups in total. The summed E-state index contributed by atoms with van der Waals surface area (Å²) in [5.74, 6) is 0. The van der Waals surface area contributed by atoms with Crippen LogP contribution in [0.5, 0.6) is 0 Å². The number of unbranched alkanes of at least 4 members (excludes halogenated alkanes) is 24. The third kappa shape index (κ3) is 29.4. The predicted molar refractivity (Wildman–Crippen MR) is 155 cm³/mol. The van der Waals surface area contributed by atoms with Crippen molar-refractivity contribution in [3.05, 3.63) is 30.5 Å². The van der Waals surface area contributed by atoms with E-state index in [1.807, 2.05) is 12.2 Å². The van der Waals surface area contributed by atoms with E-state index in [4.69, 9.17) is 0 Å². The second-order valence-corrected chi connectivity index (χ2v) is 10.6. The molecule has 2 nitrogen and oxygen atoms in total. The van der Waals surface area contributed by atoms with E-state index in [2.05, 4.69) is 13.2 Å². The Labute approximate surface area is 215 Å². The second kappa shape index (κ2) is 30.4. The molecular formula is C32H62NO-. The Kier molecular flexibility index (Phi) is 29.9. The summed E-state index contributed by atoms with van der Waals surface area (Å²) in [6.45, 7) is 9.06. The van der Waals surface area contributed by atoms with Gasteiger partial charge in [-0.2, -0.15) is 0 Å². The maximum Gasteiger partial charge on any atom is -0.0145 e. The van der Waals surface area contributed by atoms with Gasteiger partial charge in [-0.15, -0.1) is 13.2 Å². The topological polar surface area (TPSA) is 26.3 Å². The van der Waals surface area contributed by atoms with Crippen LogP contribution >= 0.6 is 0 Å². The van der Waals surface area contributed by atoms with Gasteiger partial charge >= 0.3 is 0 Å². The van der Waals surface area contributed by atoms with E-state index >= 15 is 0 Å². The molecule has 0 aromatic heterocycles. The second-order valence-electron chi connectivity index (χ2n) is 10.6. The zero-order chi connectivity index (χ0) is 24.8. The van der Waals surface area contributed by atoms with Crippen molar-refractivity contribution in [1.29, 1.82) is 0 Å². The molecule has 0 spiro atoms. The van der Waals surface area contributed by atoms with Crippen LogP contribution in [0.25, 0.3) is 0 Å². The SMILES string of the molecule is C=CCCCCCCCCCCCCCCN([O-])CCCCCCCCCCCCCCC=C. The average molecular weight is 477 g/mol. The van der Waals surface area contributed by atoms with E-state index in [0.29, 0.717) is 0 Å². The summed E-state index contributed by atoms with van der Waals surface area (Å²) in [6, 6.07) is 0. The smallest absolute Gasteiger partial charge is 0.0145 e. The van der Waals surface area contributed by atoms with Crippen LogP contribution in [0.15, 0.2) is 25.3 Å². The highest BCUT2D eigenvalue weighted by molar-refractivity contribution is 4.66. The van der Waals surface area contributed by atoms with Gasteiger partial charge in [-0.05, 0) is 51.6 Å². The molecule has 202 valence electrons. The maximum atomic E-state index is 12.0. The van der Waals surface area contributed by atoms with Crippen molar-refractivity contribution in [3.63, 3.8) is 0 Å². The number of hydroxylamine groups is 2. The Morgan fingerprint density at radius 2 is 0.559 bits per heavy atom. The molecule has 0 aliphatic carbocycles. The lowest BCUT2D eigenvalue weighted by molar-refractivity contribution is 0.350. The first-order chi connectivity index (χ1) is 16.8. The van der Waals surface area contributed by atoms with Crippen molar-refractivity contribution < 1.29 is 0 Å². The first-order valence-electron chi connectivity index (χ1n) is 15.4. The van der Waals surface area contributed by atoms with E-state index < -0.39 is 0 Å². The molecule has 0 saturated heterocycles. The first kappa shape index (κ1) is 33.4. The van der Waals surface area contributed by atoms with E-state index in [-0.39, 0.29) is 0 Å². The molecule has 0 bridgehead atoms. The minimum absolute atomic E-state index is 0.749. The fourth-order valence-corrected chi connectivity index (χ4v) is 4.80. The standard InChI is InChI=1S/C32H62NO/c1-3-5-7-9-11-13-15-17-19-21-23-25-27-29-31-33(34)32-30-28-26-24-22-20-18-16-14-12-10-8-6-4-2/h3-4H,1-2,5-32H2/q-1. The molecule has 0 aliphatic heterocycles. The van der Waals surface area contributed by atoms with Gasteiger partial charge in [0.2, 0.25) is 0 Å². The van der Waals surface area contributed by atoms with Crippen LogP contribution in [0.4, 0.5) is 0 Å². The van der Waals surface area contributed by atoms with Gasteiger partial charge in [-0.3, -0.25) is 0 Å². The minimum atomic E-state index is 0.749. The summed E-state index contributed by atoms with van der Waals surface area (Å²) in [6.07, 6.45) is 38.6. The van der Waals surface area contributed by atoms with Gasteiger partial charge in [-0.25, -0.2) is 0 Å². The van der Waals surface area contributed by atoms with E-state index in [0.717, 1.165) is 25.9 Å². The van der Waals surface area contributed by atoms with E-state index in [1.54, 1.807) is 0 Å². The van der Waals surface area contributed by atoms with Gasteiger partial charge < -0.3 is 10.3 Å². The normalized spacial score (nSPS) is 11.4. The Bertz CT molecular complexity index is 358. The zero-order valence-electron chi connectivity index (χ0n) is 23.2. The van der Waals surface area contributed by atoms with Crippen LogP contribution in [0, 0.1) is 5.21 Å². The summed E-state index contributed by atoms with van der Waals surface area (Å²) in [7, 11) is 0. The average Bonchev–Trinajstić information content (AvgIpc) is 2.84. The number of nitrogens with zero attached hydrogens (tertiary/aromatic N) is 1. The van der Waals surface area contributed by atoms with Crippen LogP contribution < -0.4 is 0 Å². The van der Waals surface area contributed by atoms with Crippen molar-refractivity contribution in [2.75, 3.05) is 13.1 Å². The third-order valence-corrected chi connectivity index (χ3v) is 7.13. The number of hydrogen-bond acceptors (Lipinski definition) is 2. The van der Waals surface area contributed by atoms with Gasteiger partial charge in [0, 0.05) is 0 Å². The Morgan fingerprint density at radius 1 is 0.353 bits per heavy atom. The maximum absolute atomic E-state index is 12.0. The Balaban J connectivity index is 3.14. The summed E-state index contributed by atoms with van der Waals surface area (Å²) in [5.41, 5.74) is 0. The van der Waals surface area contributed by atoms with Crippen molar-refractivity contribution in [2.45, 2.75) is 167 Å². The van der Waals surface area contributed by atoms with Gasteiger partial charge in [0.25, 0.3) is 0 Å². The lowest BCUT2D eigenvalue weighted by Crippen LogP contribution is -2.18. The molecular weight excluding hydrogens is 414 g/mol. The fourth-order valence-electron chi connectivity index (χ4n) is 4.80. The molecule has 0 saturated carbocycles. The van der Waals surface area contributed by atoms with Crippen LogP contribution in [-0.4, -0.2) is 18.2 Å². The number of hydrogen-bond donors (Lipinski definition) is 0. The lowest BCUT2D eigenvalue weighted by atomic mass is 10.0. The van der Waals surface area contributed by atoms with Crippen LogP contribution in [-0.2, 0) is 0 Å². The minimum Gasteiger partial charge on any atom is -0.785 e. The predicted octanol–water partition coefficient (Wildman–Crippen LogP) is 11.3. The molecule has 0 radical (unpaired) electrons. The van der Waals surface area contributed by atoms with Crippen LogP contribution in [0.3, 0.4) is 0 Å². The van der Waals surface area contributed by atoms with E-state index in [9.17, 15) is 5.21 Å². The highest BCUT2D eigenvalue weighted by Gasteiger charge is 1.97. The molecule has 0 rings (SSSR count). The summed E-state index contributed by atoms with van der Waals surface area (Å²) in [4.78, 5) is 0. The molecule has 0 amide bonds. The molecule has 34 heavy (non-hydrogen) atoms. The number of allylic oxidation sites excluding steroid dienone is 2. The molecule has 0 fully saturated rings. The molecule has 0 atom stereocenters. The number of rotatable bonds is 30. The van der Waals surface area contributed by atoms with E-state index in [1.165, 1.54) is 159 Å². The Hall–Kier alpha value is -0.600. The summed E-state index contributed by atoms with van der Waals surface area (Å²) >= 11 is 0.